The van der Waals surface area contributed by atoms with E-state index < -0.39 is 5.41 Å². The Hall–Kier alpha value is -7.63. The van der Waals surface area contributed by atoms with E-state index in [9.17, 15) is 0 Å². The van der Waals surface area contributed by atoms with Gasteiger partial charge in [-0.3, -0.25) is 0 Å². The Labute approximate surface area is 328 Å². The summed E-state index contributed by atoms with van der Waals surface area (Å²) < 4.78 is 13.1. The number of hydrogen-bond acceptors (Lipinski definition) is 5. The summed E-state index contributed by atoms with van der Waals surface area (Å²) in [5, 5.41) is 2.14. The number of fused-ring (bicyclic) bond motifs is 12. The Bertz CT molecular complexity index is 3190. The summed E-state index contributed by atoms with van der Waals surface area (Å²) in [6.07, 6.45) is 0. The SMILES string of the molecule is c1ccc(-c2nc(-c3cccc(-c4ccc5c(c4)Oc4ccccc4C54c5ccccc5-c5ccccc54)c3)nc(-c3ccc4c(c3)oc3ccccc34)n2)cc1. The minimum Gasteiger partial charge on any atom is -0.457 e. The molecule has 8 aromatic carbocycles. The van der Waals surface area contributed by atoms with Gasteiger partial charge in [0.25, 0.3) is 0 Å². The van der Waals surface area contributed by atoms with Crippen LogP contribution in [-0.4, -0.2) is 15.0 Å². The molecule has 10 aromatic rings. The molecule has 0 radical (unpaired) electrons. The van der Waals surface area contributed by atoms with Crippen LogP contribution in [0.2, 0.25) is 0 Å². The van der Waals surface area contributed by atoms with E-state index in [1.165, 1.54) is 22.3 Å². The summed E-state index contributed by atoms with van der Waals surface area (Å²) >= 11 is 0. The molecule has 0 atom stereocenters. The molecule has 0 bridgehead atoms. The van der Waals surface area contributed by atoms with Gasteiger partial charge < -0.3 is 9.15 Å². The van der Waals surface area contributed by atoms with Crippen LogP contribution < -0.4 is 4.74 Å². The molecule has 0 saturated heterocycles. The van der Waals surface area contributed by atoms with E-state index in [1.54, 1.807) is 0 Å². The van der Waals surface area contributed by atoms with Crippen LogP contribution in [0.1, 0.15) is 22.3 Å². The first-order chi connectivity index (χ1) is 28.2. The monoisotopic (exact) mass is 729 g/mol. The molecule has 1 aliphatic carbocycles. The van der Waals surface area contributed by atoms with Gasteiger partial charge in [-0.25, -0.2) is 15.0 Å². The van der Waals surface area contributed by atoms with Crippen LogP contribution in [0.15, 0.2) is 192 Å². The first-order valence-electron chi connectivity index (χ1n) is 19.2. The third kappa shape index (κ3) is 4.72. The van der Waals surface area contributed by atoms with Crippen molar-refractivity contribution in [1.29, 1.82) is 0 Å². The van der Waals surface area contributed by atoms with Gasteiger partial charge in [-0.05, 0) is 69.8 Å². The van der Waals surface area contributed by atoms with Gasteiger partial charge in [-0.1, -0.05) is 152 Å². The van der Waals surface area contributed by atoms with Crippen LogP contribution in [0.25, 0.3) is 78.4 Å². The van der Waals surface area contributed by atoms with Gasteiger partial charge in [0.15, 0.2) is 17.5 Å². The second-order valence-corrected chi connectivity index (χ2v) is 14.7. The van der Waals surface area contributed by atoms with E-state index >= 15 is 0 Å². The lowest BCUT2D eigenvalue weighted by molar-refractivity contribution is 0.436. The lowest BCUT2D eigenvalue weighted by Crippen LogP contribution is -2.32. The Morgan fingerprint density at radius 1 is 0.333 bits per heavy atom. The summed E-state index contributed by atoms with van der Waals surface area (Å²) in [5.74, 6) is 3.49. The zero-order valence-electron chi connectivity index (χ0n) is 30.6. The third-order valence-corrected chi connectivity index (χ3v) is 11.6. The number of aromatic nitrogens is 3. The molecule has 5 nitrogen and oxygen atoms in total. The Kier molecular flexibility index (Phi) is 6.78. The van der Waals surface area contributed by atoms with Gasteiger partial charge in [0.1, 0.15) is 22.7 Å². The molecule has 2 aliphatic rings. The molecule has 266 valence electrons. The van der Waals surface area contributed by atoms with Gasteiger partial charge in [-0.15, -0.1) is 0 Å². The Morgan fingerprint density at radius 3 is 1.67 bits per heavy atom. The van der Waals surface area contributed by atoms with Crippen molar-refractivity contribution in [3.63, 3.8) is 0 Å². The summed E-state index contributed by atoms with van der Waals surface area (Å²) in [6.45, 7) is 0. The standard InChI is InChI=1S/C52H31N3O2/c1-2-13-32(14-3-1)49-53-50(55-51(54-49)36-25-27-40-39-19-6-10-23-45(39)56-47(40)31-36)35-16-12-15-33(29-35)34-26-28-44-48(30-34)57-46-24-11-9-22-43(46)52(44)41-20-7-4-17-37(41)38-18-5-8-21-42(38)52/h1-31H. The summed E-state index contributed by atoms with van der Waals surface area (Å²) in [7, 11) is 0. The maximum Gasteiger partial charge on any atom is 0.164 e. The molecule has 2 aromatic heterocycles. The molecule has 0 fully saturated rings. The highest BCUT2D eigenvalue weighted by Crippen LogP contribution is 2.62. The molecule has 0 saturated carbocycles. The molecular weight excluding hydrogens is 699 g/mol. The molecule has 3 heterocycles. The molecule has 0 unspecified atom stereocenters. The topological polar surface area (TPSA) is 61.0 Å². The fourth-order valence-corrected chi connectivity index (χ4v) is 9.09. The van der Waals surface area contributed by atoms with Crippen molar-refractivity contribution in [3.8, 4) is 67.9 Å². The molecule has 12 rings (SSSR count). The molecule has 0 amide bonds. The summed E-state index contributed by atoms with van der Waals surface area (Å²) in [4.78, 5) is 15.1. The minimum atomic E-state index is -0.502. The lowest BCUT2D eigenvalue weighted by atomic mass is 9.66. The van der Waals surface area contributed by atoms with Crippen molar-refractivity contribution in [2.75, 3.05) is 0 Å². The van der Waals surface area contributed by atoms with Crippen LogP contribution >= 0.6 is 0 Å². The number of ether oxygens (including phenoxy) is 1. The van der Waals surface area contributed by atoms with E-state index in [-0.39, 0.29) is 0 Å². The van der Waals surface area contributed by atoms with Crippen molar-refractivity contribution in [2.45, 2.75) is 5.41 Å². The average Bonchev–Trinajstić information content (AvgIpc) is 3.80. The van der Waals surface area contributed by atoms with E-state index in [4.69, 9.17) is 24.1 Å². The van der Waals surface area contributed by atoms with Crippen LogP contribution in [0, 0.1) is 0 Å². The van der Waals surface area contributed by atoms with Crippen molar-refractivity contribution in [3.05, 3.63) is 210 Å². The number of furan rings is 1. The van der Waals surface area contributed by atoms with Crippen LogP contribution in [0.5, 0.6) is 11.5 Å². The molecule has 0 N–H and O–H groups in total. The van der Waals surface area contributed by atoms with Crippen LogP contribution in [0.3, 0.4) is 0 Å². The Morgan fingerprint density at radius 2 is 0.877 bits per heavy atom. The molecule has 57 heavy (non-hydrogen) atoms. The fraction of sp³-hybridized carbons (Fsp3) is 0.0192. The zero-order valence-corrected chi connectivity index (χ0v) is 30.6. The van der Waals surface area contributed by atoms with E-state index in [0.29, 0.717) is 17.5 Å². The number of nitrogens with zero attached hydrogens (tertiary/aromatic N) is 3. The summed E-state index contributed by atoms with van der Waals surface area (Å²) in [5.41, 5.74) is 13.2. The fourth-order valence-electron chi connectivity index (χ4n) is 9.09. The molecule has 5 heteroatoms. The predicted molar refractivity (Wildman–Crippen MR) is 226 cm³/mol. The minimum absolute atomic E-state index is 0.502. The van der Waals surface area contributed by atoms with Gasteiger partial charge in [0.05, 0.1) is 5.41 Å². The van der Waals surface area contributed by atoms with Crippen molar-refractivity contribution >= 4 is 21.9 Å². The predicted octanol–water partition coefficient (Wildman–Crippen LogP) is 12.9. The second kappa shape index (κ2) is 12.2. The highest BCUT2D eigenvalue weighted by molar-refractivity contribution is 6.05. The highest BCUT2D eigenvalue weighted by atomic mass is 16.5. The van der Waals surface area contributed by atoms with E-state index in [2.05, 4.69) is 133 Å². The van der Waals surface area contributed by atoms with Gasteiger partial charge in [0, 0.05) is 38.6 Å². The molecular formula is C52H31N3O2. The maximum atomic E-state index is 6.81. The highest BCUT2D eigenvalue weighted by Gasteiger charge is 2.50. The van der Waals surface area contributed by atoms with Crippen molar-refractivity contribution in [1.82, 2.24) is 15.0 Å². The van der Waals surface area contributed by atoms with Gasteiger partial charge in [-0.2, -0.15) is 0 Å². The molecule has 1 spiro atoms. The zero-order chi connectivity index (χ0) is 37.5. The van der Waals surface area contributed by atoms with Gasteiger partial charge in [0.2, 0.25) is 0 Å². The average molecular weight is 730 g/mol. The summed E-state index contributed by atoms with van der Waals surface area (Å²) in [6, 6.07) is 65.5. The molecule has 1 aliphatic heterocycles. The Balaban J connectivity index is 0.994. The smallest absolute Gasteiger partial charge is 0.164 e. The van der Waals surface area contributed by atoms with E-state index in [0.717, 1.165) is 72.4 Å². The second-order valence-electron chi connectivity index (χ2n) is 14.7. The van der Waals surface area contributed by atoms with Crippen LogP contribution in [0.4, 0.5) is 0 Å². The number of hydrogen-bond donors (Lipinski definition) is 0. The lowest BCUT2D eigenvalue weighted by Gasteiger charge is -2.39. The van der Waals surface area contributed by atoms with Crippen molar-refractivity contribution in [2.24, 2.45) is 0 Å². The number of rotatable bonds is 4. The quantitative estimate of drug-likeness (QED) is 0.180. The number of para-hydroxylation sites is 2. The third-order valence-electron chi connectivity index (χ3n) is 11.6. The van der Waals surface area contributed by atoms with Crippen LogP contribution in [-0.2, 0) is 5.41 Å². The van der Waals surface area contributed by atoms with Gasteiger partial charge >= 0.3 is 0 Å². The first-order valence-corrected chi connectivity index (χ1v) is 19.2. The van der Waals surface area contributed by atoms with Crippen molar-refractivity contribution < 1.29 is 9.15 Å². The first kappa shape index (κ1) is 31.7. The largest absolute Gasteiger partial charge is 0.457 e. The van der Waals surface area contributed by atoms with E-state index in [1.807, 2.05) is 54.6 Å². The normalized spacial score (nSPS) is 13.2. The number of benzene rings is 8. The maximum absolute atomic E-state index is 6.81.